The second-order valence-corrected chi connectivity index (χ2v) is 14.5. The highest BCUT2D eigenvalue weighted by molar-refractivity contribution is 5.94. The van der Waals surface area contributed by atoms with E-state index in [-0.39, 0.29) is 11.8 Å². The van der Waals surface area contributed by atoms with E-state index in [1.165, 1.54) is 60.6 Å². The Morgan fingerprint density at radius 3 is 2.53 bits per heavy atom. The lowest BCUT2D eigenvalue weighted by molar-refractivity contribution is 0.553. The SMILES string of the molecule is C=C(/C=C\C=C/C)N(C1=C2C=CC=CC2C(c2cccc3c4c(oc23)C(C2=CCC(c3ccccc3)C=C2)=CCC4)C=C1)C1=c2ccccc2=CCC1. The van der Waals surface area contributed by atoms with Gasteiger partial charge in [0.2, 0.25) is 0 Å². The zero-order valence-electron chi connectivity index (χ0n) is 30.4. The van der Waals surface area contributed by atoms with Crippen molar-refractivity contribution in [1.29, 1.82) is 0 Å². The molecule has 0 saturated heterocycles. The van der Waals surface area contributed by atoms with Crippen molar-refractivity contribution < 1.29 is 4.42 Å². The Balaban J connectivity index is 1.10. The third-order valence-corrected chi connectivity index (χ3v) is 11.4. The lowest BCUT2D eigenvalue weighted by Crippen LogP contribution is -2.36. The van der Waals surface area contributed by atoms with E-state index in [9.17, 15) is 0 Å². The van der Waals surface area contributed by atoms with E-state index in [0.717, 1.165) is 49.1 Å². The zero-order valence-corrected chi connectivity index (χ0v) is 30.4. The first-order chi connectivity index (χ1) is 26.2. The molecule has 0 aliphatic heterocycles. The Morgan fingerprint density at radius 1 is 0.792 bits per heavy atom. The summed E-state index contributed by atoms with van der Waals surface area (Å²) in [6.07, 6.45) is 39.0. The largest absolute Gasteiger partial charge is 0.455 e. The molecule has 1 aromatic heterocycles. The molecule has 3 unspecified atom stereocenters. The summed E-state index contributed by atoms with van der Waals surface area (Å²) in [5.74, 6) is 1.74. The van der Waals surface area contributed by atoms with Gasteiger partial charge in [0.15, 0.2) is 0 Å². The quantitative estimate of drug-likeness (QED) is 0.171. The minimum atomic E-state index is 0.129. The fraction of sp³-hybridized carbons (Fsp3) is 0.176. The molecule has 0 bridgehead atoms. The molecule has 0 amide bonds. The van der Waals surface area contributed by atoms with Gasteiger partial charge in [-0.3, -0.25) is 0 Å². The molecule has 4 aromatic rings. The van der Waals surface area contributed by atoms with Gasteiger partial charge in [-0.1, -0.05) is 158 Å². The van der Waals surface area contributed by atoms with Gasteiger partial charge in [0, 0.05) is 62.1 Å². The first kappa shape index (κ1) is 33.0. The number of nitrogens with zero attached hydrogens (tertiary/aromatic N) is 1. The maximum atomic E-state index is 7.05. The molecule has 5 aliphatic rings. The van der Waals surface area contributed by atoms with Crippen LogP contribution in [0.5, 0.6) is 0 Å². The van der Waals surface area contributed by atoms with E-state index in [0.29, 0.717) is 5.92 Å². The van der Waals surface area contributed by atoms with Crippen LogP contribution in [0.3, 0.4) is 0 Å². The molecule has 1 heterocycles. The second-order valence-electron chi connectivity index (χ2n) is 14.5. The predicted molar refractivity (Wildman–Crippen MR) is 222 cm³/mol. The predicted octanol–water partition coefficient (Wildman–Crippen LogP) is 11.4. The Hall–Kier alpha value is -5.86. The highest BCUT2D eigenvalue weighted by Gasteiger charge is 2.34. The maximum absolute atomic E-state index is 7.05. The first-order valence-corrected chi connectivity index (χ1v) is 19.2. The summed E-state index contributed by atoms with van der Waals surface area (Å²) in [6, 6.07) is 26.4. The monoisotopic (exact) mass is 687 g/mol. The zero-order chi connectivity index (χ0) is 35.7. The number of rotatable bonds is 8. The van der Waals surface area contributed by atoms with E-state index in [2.05, 4.69) is 175 Å². The standard InChI is InChI=1S/C51H45NO/c1-3-4-6-16-35(2)52(48-28-13-20-38-19-9-10-21-40(38)48)49-34-33-43(42-22-11-12-23-44(42)49)45-25-15-27-47-46-26-14-24-41(50(46)53-51(45)47)39-31-29-37(30-32-39)36-17-7-5-8-18-36/h3-12,15-25,27,29,31-34,37,42-43H,2,13-14,26,28,30H2,1H3/b4-3-,16-6-. The lowest BCUT2D eigenvalue weighted by atomic mass is 9.74. The van der Waals surface area contributed by atoms with Crippen molar-refractivity contribution in [2.24, 2.45) is 5.92 Å². The normalized spacial score (nSPS) is 21.8. The molecule has 0 spiro atoms. The number of allylic oxidation sites excluding steroid dienone is 17. The Labute approximate surface area is 313 Å². The minimum Gasteiger partial charge on any atom is -0.455 e. The van der Waals surface area contributed by atoms with Crippen molar-refractivity contribution in [1.82, 2.24) is 4.90 Å². The Bertz CT molecular complexity index is 2520. The highest BCUT2D eigenvalue weighted by atomic mass is 16.3. The average Bonchev–Trinajstić information content (AvgIpc) is 3.61. The molecule has 53 heavy (non-hydrogen) atoms. The average molecular weight is 688 g/mol. The topological polar surface area (TPSA) is 16.4 Å². The van der Waals surface area contributed by atoms with Crippen LogP contribution in [0.4, 0.5) is 0 Å². The van der Waals surface area contributed by atoms with Crippen LogP contribution in [0.1, 0.15) is 66.9 Å². The third-order valence-electron chi connectivity index (χ3n) is 11.4. The number of aryl methyl sites for hydroxylation is 1. The van der Waals surface area contributed by atoms with Crippen LogP contribution < -0.4 is 10.4 Å². The molecule has 2 heteroatoms. The van der Waals surface area contributed by atoms with Gasteiger partial charge in [0.1, 0.15) is 11.3 Å². The van der Waals surface area contributed by atoms with E-state index in [4.69, 9.17) is 4.42 Å². The molecule has 260 valence electrons. The van der Waals surface area contributed by atoms with Crippen molar-refractivity contribution >= 4 is 28.3 Å². The Kier molecular flexibility index (Phi) is 8.89. The molecule has 0 fully saturated rings. The highest BCUT2D eigenvalue weighted by Crippen LogP contribution is 2.47. The van der Waals surface area contributed by atoms with Gasteiger partial charge in [0.05, 0.1) is 0 Å². The molecule has 3 atom stereocenters. The van der Waals surface area contributed by atoms with Gasteiger partial charge in [-0.25, -0.2) is 0 Å². The fourth-order valence-corrected chi connectivity index (χ4v) is 8.92. The van der Waals surface area contributed by atoms with Crippen molar-refractivity contribution in [3.05, 3.63) is 220 Å². The molecule has 5 aliphatic carbocycles. The van der Waals surface area contributed by atoms with Gasteiger partial charge in [-0.15, -0.1) is 0 Å². The number of benzene rings is 3. The van der Waals surface area contributed by atoms with E-state index < -0.39 is 0 Å². The van der Waals surface area contributed by atoms with Crippen molar-refractivity contribution in [3.63, 3.8) is 0 Å². The number of furan rings is 1. The molecular formula is C51H45NO. The van der Waals surface area contributed by atoms with Crippen LogP contribution >= 0.6 is 0 Å². The van der Waals surface area contributed by atoms with Crippen LogP contribution in [0.25, 0.3) is 28.3 Å². The molecule has 2 nitrogen and oxygen atoms in total. The molecule has 9 rings (SSSR count). The summed E-state index contributed by atoms with van der Waals surface area (Å²) in [6.45, 7) is 6.69. The molecule has 0 N–H and O–H groups in total. The lowest BCUT2D eigenvalue weighted by Gasteiger charge is -2.37. The summed E-state index contributed by atoms with van der Waals surface area (Å²) in [5.41, 5.74) is 12.2. The van der Waals surface area contributed by atoms with Crippen molar-refractivity contribution in [3.8, 4) is 0 Å². The summed E-state index contributed by atoms with van der Waals surface area (Å²) in [7, 11) is 0. The van der Waals surface area contributed by atoms with Crippen molar-refractivity contribution in [2.45, 2.75) is 50.9 Å². The van der Waals surface area contributed by atoms with Crippen LogP contribution in [-0.4, -0.2) is 4.90 Å². The summed E-state index contributed by atoms with van der Waals surface area (Å²) < 4.78 is 7.05. The van der Waals surface area contributed by atoms with E-state index in [1.54, 1.807) is 0 Å². The van der Waals surface area contributed by atoms with Gasteiger partial charge < -0.3 is 9.32 Å². The summed E-state index contributed by atoms with van der Waals surface area (Å²) >= 11 is 0. The number of hydrogen-bond acceptors (Lipinski definition) is 2. The second kappa shape index (κ2) is 14.3. The van der Waals surface area contributed by atoms with Gasteiger partial charge >= 0.3 is 0 Å². The first-order valence-electron chi connectivity index (χ1n) is 19.2. The molecule has 0 saturated carbocycles. The van der Waals surface area contributed by atoms with Crippen LogP contribution in [0.15, 0.2) is 191 Å². The fourth-order valence-electron chi connectivity index (χ4n) is 8.92. The summed E-state index contributed by atoms with van der Waals surface area (Å²) in [4.78, 5) is 2.42. The molecule has 0 radical (unpaired) electrons. The van der Waals surface area contributed by atoms with Gasteiger partial charge in [-0.05, 0) is 73.1 Å². The smallest absolute Gasteiger partial charge is 0.138 e. The third kappa shape index (κ3) is 6.03. The minimum absolute atomic E-state index is 0.129. The van der Waals surface area contributed by atoms with Crippen LogP contribution in [0, 0.1) is 5.92 Å². The molecular weight excluding hydrogens is 643 g/mol. The van der Waals surface area contributed by atoms with Crippen LogP contribution in [-0.2, 0) is 6.42 Å². The Morgan fingerprint density at radius 2 is 1.66 bits per heavy atom. The summed E-state index contributed by atoms with van der Waals surface area (Å²) in [5, 5.41) is 3.82. The number of fused-ring (bicyclic) bond motifs is 5. The number of para-hydroxylation sites is 1. The van der Waals surface area contributed by atoms with E-state index in [1.807, 2.05) is 6.92 Å². The van der Waals surface area contributed by atoms with Crippen molar-refractivity contribution in [2.75, 3.05) is 0 Å². The van der Waals surface area contributed by atoms with E-state index >= 15 is 0 Å². The molecule has 3 aromatic carbocycles. The van der Waals surface area contributed by atoms with Gasteiger partial charge in [0.25, 0.3) is 0 Å². The van der Waals surface area contributed by atoms with Gasteiger partial charge in [-0.2, -0.15) is 0 Å². The maximum Gasteiger partial charge on any atom is 0.138 e. The number of hydrogen-bond donors (Lipinski definition) is 0. The van der Waals surface area contributed by atoms with Crippen LogP contribution in [0.2, 0.25) is 0 Å².